The van der Waals surface area contributed by atoms with Crippen LogP contribution >= 0.6 is 0 Å². The summed E-state index contributed by atoms with van der Waals surface area (Å²) in [7, 11) is 3.52. The second-order valence-corrected chi connectivity index (χ2v) is 6.86. The Hall–Kier alpha value is -1.63. The minimum Gasteiger partial charge on any atom is -0.382 e. The molecule has 2 rings (SSSR count). The summed E-state index contributed by atoms with van der Waals surface area (Å²) in [6.07, 6.45) is 4.68. The van der Waals surface area contributed by atoms with E-state index in [0.717, 1.165) is 38.5 Å². The van der Waals surface area contributed by atoms with Crippen molar-refractivity contribution in [1.29, 1.82) is 0 Å². The molecule has 152 valence electrons. The molecule has 1 fully saturated rings. The molecule has 0 saturated carbocycles. The summed E-state index contributed by atoms with van der Waals surface area (Å²) in [4.78, 5) is 6.94. The molecule has 1 aliphatic rings. The second kappa shape index (κ2) is 13.5. The summed E-state index contributed by atoms with van der Waals surface area (Å²) in [6, 6.07) is 11.2. The van der Waals surface area contributed by atoms with E-state index in [1.54, 1.807) is 7.11 Å². The standard InChI is InChI=1S/C21H36N4O2/c1-22-21(23-12-6-9-15-27-17-16-26-2)24-18-20(25-13-7-8-14-25)19-10-4-3-5-11-19/h3-5,10-11,20H,6-9,12-18H2,1-2H3,(H2,22,23,24). The highest BCUT2D eigenvalue weighted by Crippen LogP contribution is 2.24. The lowest BCUT2D eigenvalue weighted by Gasteiger charge is -2.29. The first kappa shape index (κ1) is 21.7. The van der Waals surface area contributed by atoms with E-state index in [9.17, 15) is 0 Å². The summed E-state index contributed by atoms with van der Waals surface area (Å²) in [5, 5.41) is 6.92. The van der Waals surface area contributed by atoms with Gasteiger partial charge in [0.15, 0.2) is 5.96 Å². The summed E-state index contributed by atoms with van der Waals surface area (Å²) < 4.78 is 10.5. The molecule has 0 spiro atoms. The van der Waals surface area contributed by atoms with Crippen molar-refractivity contribution in [3.8, 4) is 0 Å². The van der Waals surface area contributed by atoms with Crippen LogP contribution < -0.4 is 10.6 Å². The minimum atomic E-state index is 0.390. The molecule has 1 heterocycles. The highest BCUT2D eigenvalue weighted by molar-refractivity contribution is 5.79. The fourth-order valence-corrected chi connectivity index (χ4v) is 3.38. The van der Waals surface area contributed by atoms with E-state index in [4.69, 9.17) is 9.47 Å². The van der Waals surface area contributed by atoms with E-state index in [2.05, 4.69) is 50.9 Å². The second-order valence-electron chi connectivity index (χ2n) is 6.86. The first-order valence-electron chi connectivity index (χ1n) is 10.2. The molecule has 2 N–H and O–H groups in total. The maximum absolute atomic E-state index is 5.49. The maximum atomic E-state index is 5.49. The van der Waals surface area contributed by atoms with E-state index in [-0.39, 0.29) is 0 Å². The van der Waals surface area contributed by atoms with Crippen molar-refractivity contribution >= 4 is 5.96 Å². The summed E-state index contributed by atoms with van der Waals surface area (Å²) >= 11 is 0. The Bertz CT molecular complexity index is 518. The van der Waals surface area contributed by atoms with Gasteiger partial charge in [0.1, 0.15) is 0 Å². The molecular formula is C21H36N4O2. The zero-order chi connectivity index (χ0) is 19.2. The highest BCUT2D eigenvalue weighted by Gasteiger charge is 2.23. The van der Waals surface area contributed by atoms with E-state index < -0.39 is 0 Å². The van der Waals surface area contributed by atoms with Gasteiger partial charge in [0.25, 0.3) is 0 Å². The van der Waals surface area contributed by atoms with E-state index >= 15 is 0 Å². The molecule has 0 aromatic heterocycles. The van der Waals surface area contributed by atoms with E-state index in [1.807, 2.05) is 7.05 Å². The van der Waals surface area contributed by atoms with Gasteiger partial charge in [-0.25, -0.2) is 0 Å². The van der Waals surface area contributed by atoms with Crippen LogP contribution in [0.1, 0.15) is 37.3 Å². The number of ether oxygens (including phenoxy) is 2. The maximum Gasteiger partial charge on any atom is 0.191 e. The highest BCUT2D eigenvalue weighted by atomic mass is 16.5. The number of nitrogens with one attached hydrogen (secondary N) is 2. The zero-order valence-electron chi connectivity index (χ0n) is 17.0. The molecule has 0 amide bonds. The number of likely N-dealkylation sites (tertiary alicyclic amines) is 1. The molecule has 1 aromatic rings. The minimum absolute atomic E-state index is 0.390. The van der Waals surface area contributed by atoms with Gasteiger partial charge in [-0.15, -0.1) is 0 Å². The summed E-state index contributed by atoms with van der Waals surface area (Å²) in [5.74, 6) is 0.871. The number of unbranched alkanes of at least 4 members (excludes halogenated alkanes) is 1. The topological polar surface area (TPSA) is 58.1 Å². The lowest BCUT2D eigenvalue weighted by Crippen LogP contribution is -2.43. The Kier molecular flexibility index (Phi) is 10.9. The summed E-state index contributed by atoms with van der Waals surface area (Å²) in [6.45, 7) is 6.23. The van der Waals surface area contributed by atoms with Gasteiger partial charge in [-0.1, -0.05) is 30.3 Å². The Morgan fingerprint density at radius 3 is 2.56 bits per heavy atom. The van der Waals surface area contributed by atoms with E-state index in [1.165, 1.54) is 31.5 Å². The predicted molar refractivity (Wildman–Crippen MR) is 111 cm³/mol. The SMILES string of the molecule is CN=C(NCCCCOCCOC)NCC(c1ccccc1)N1CCCC1. The van der Waals surface area contributed by atoms with Gasteiger partial charge in [0, 0.05) is 33.9 Å². The molecule has 6 heteroatoms. The molecule has 0 aliphatic carbocycles. The van der Waals surface area contributed by atoms with Gasteiger partial charge < -0.3 is 20.1 Å². The summed E-state index contributed by atoms with van der Waals surface area (Å²) in [5.41, 5.74) is 1.37. The number of aliphatic imine (C=N–C) groups is 1. The molecule has 0 radical (unpaired) electrons. The zero-order valence-corrected chi connectivity index (χ0v) is 17.0. The number of guanidine groups is 1. The first-order valence-corrected chi connectivity index (χ1v) is 10.2. The molecule has 1 aromatic carbocycles. The third-order valence-corrected chi connectivity index (χ3v) is 4.89. The van der Waals surface area contributed by atoms with Crippen LogP contribution in [-0.4, -0.2) is 71.0 Å². The van der Waals surface area contributed by atoms with Crippen LogP contribution in [0, 0.1) is 0 Å². The largest absolute Gasteiger partial charge is 0.382 e. The number of methoxy groups -OCH3 is 1. The van der Waals surface area contributed by atoms with Gasteiger partial charge in [-0.3, -0.25) is 9.89 Å². The average Bonchev–Trinajstić information content (AvgIpc) is 3.24. The van der Waals surface area contributed by atoms with Crippen molar-refractivity contribution in [2.45, 2.75) is 31.7 Å². The van der Waals surface area contributed by atoms with Crippen molar-refractivity contribution in [3.63, 3.8) is 0 Å². The van der Waals surface area contributed by atoms with Crippen LogP contribution in [0.3, 0.4) is 0 Å². The predicted octanol–water partition coefficient (Wildman–Crippen LogP) is 2.43. The lowest BCUT2D eigenvalue weighted by atomic mass is 10.1. The average molecular weight is 377 g/mol. The van der Waals surface area contributed by atoms with Gasteiger partial charge in [-0.05, 0) is 44.3 Å². The van der Waals surface area contributed by atoms with Crippen molar-refractivity contribution in [2.75, 3.05) is 60.2 Å². The van der Waals surface area contributed by atoms with Gasteiger partial charge >= 0.3 is 0 Å². The molecule has 27 heavy (non-hydrogen) atoms. The Morgan fingerprint density at radius 2 is 1.85 bits per heavy atom. The van der Waals surface area contributed by atoms with E-state index in [0.29, 0.717) is 19.3 Å². The van der Waals surface area contributed by atoms with Crippen molar-refractivity contribution in [1.82, 2.24) is 15.5 Å². The fourth-order valence-electron chi connectivity index (χ4n) is 3.38. The van der Waals surface area contributed by atoms with Gasteiger partial charge in [-0.2, -0.15) is 0 Å². The Balaban J connectivity index is 1.71. The lowest BCUT2D eigenvalue weighted by molar-refractivity contribution is 0.0689. The van der Waals surface area contributed by atoms with Gasteiger partial charge in [0.2, 0.25) is 0 Å². The molecule has 1 atom stereocenters. The molecule has 1 saturated heterocycles. The van der Waals surface area contributed by atoms with Crippen LogP contribution in [0.4, 0.5) is 0 Å². The van der Waals surface area contributed by atoms with Crippen LogP contribution in [0.2, 0.25) is 0 Å². The van der Waals surface area contributed by atoms with Crippen molar-refractivity contribution in [3.05, 3.63) is 35.9 Å². The quantitative estimate of drug-likeness (QED) is 0.333. The Labute approximate surface area is 164 Å². The normalized spacial score (nSPS) is 16.4. The molecule has 0 bridgehead atoms. The number of hydrogen-bond donors (Lipinski definition) is 2. The molecule has 6 nitrogen and oxygen atoms in total. The molecule has 1 aliphatic heterocycles. The van der Waals surface area contributed by atoms with Crippen molar-refractivity contribution in [2.24, 2.45) is 4.99 Å². The van der Waals surface area contributed by atoms with Crippen molar-refractivity contribution < 1.29 is 9.47 Å². The van der Waals surface area contributed by atoms with Crippen LogP contribution in [0.25, 0.3) is 0 Å². The first-order chi connectivity index (χ1) is 13.3. The van der Waals surface area contributed by atoms with Gasteiger partial charge in [0.05, 0.1) is 19.3 Å². The fraction of sp³-hybridized carbons (Fsp3) is 0.667. The number of benzene rings is 1. The number of rotatable bonds is 12. The smallest absolute Gasteiger partial charge is 0.191 e. The molecular weight excluding hydrogens is 340 g/mol. The number of hydrogen-bond acceptors (Lipinski definition) is 4. The number of nitrogens with zero attached hydrogens (tertiary/aromatic N) is 2. The Morgan fingerprint density at radius 1 is 1.07 bits per heavy atom. The van der Waals surface area contributed by atoms with Crippen LogP contribution in [0.15, 0.2) is 35.3 Å². The van der Waals surface area contributed by atoms with Crippen LogP contribution in [-0.2, 0) is 9.47 Å². The molecule has 1 unspecified atom stereocenters. The monoisotopic (exact) mass is 376 g/mol. The third-order valence-electron chi connectivity index (χ3n) is 4.89. The van der Waals surface area contributed by atoms with Crippen LogP contribution in [0.5, 0.6) is 0 Å². The third kappa shape index (κ3) is 8.28.